The summed E-state index contributed by atoms with van der Waals surface area (Å²) < 4.78 is 12.7. The Balaban J connectivity index is 1.59. The Bertz CT molecular complexity index is 657. The number of amides is 1. The molecule has 1 aliphatic heterocycles. The molecule has 3 rings (SSSR count). The van der Waals surface area contributed by atoms with Crippen molar-refractivity contribution >= 4 is 11.6 Å². The summed E-state index contributed by atoms with van der Waals surface area (Å²) in [7, 11) is 0. The average molecular weight is 286 g/mol. The van der Waals surface area contributed by atoms with E-state index in [1.54, 1.807) is 12.1 Å². The third-order valence-electron chi connectivity index (χ3n) is 3.64. The van der Waals surface area contributed by atoms with Crippen LogP contribution in [-0.4, -0.2) is 17.3 Å². The standard InChI is InChI=1S/C16H18N2O3/c1-11-3-4-12(2)18(11)8-7-16(19)17-13-5-6-14-15(9-13)21-10-20-14/h3-6,9H,7-8,10H2,1-2H3,(H,17,19). The summed E-state index contributed by atoms with van der Waals surface area (Å²) in [6.45, 7) is 5.01. The summed E-state index contributed by atoms with van der Waals surface area (Å²) in [4.78, 5) is 12.0. The molecule has 0 bridgehead atoms. The lowest BCUT2D eigenvalue weighted by Crippen LogP contribution is -2.15. The van der Waals surface area contributed by atoms with E-state index in [-0.39, 0.29) is 12.7 Å². The van der Waals surface area contributed by atoms with E-state index >= 15 is 0 Å². The van der Waals surface area contributed by atoms with Crippen LogP contribution >= 0.6 is 0 Å². The molecule has 0 fully saturated rings. The molecule has 2 aromatic rings. The maximum absolute atomic E-state index is 12.0. The second kappa shape index (κ2) is 5.52. The Morgan fingerprint density at radius 2 is 1.86 bits per heavy atom. The Morgan fingerprint density at radius 3 is 2.62 bits per heavy atom. The zero-order valence-corrected chi connectivity index (χ0v) is 12.2. The van der Waals surface area contributed by atoms with Gasteiger partial charge in [-0.05, 0) is 38.1 Å². The van der Waals surface area contributed by atoms with Crippen molar-refractivity contribution in [3.63, 3.8) is 0 Å². The van der Waals surface area contributed by atoms with Crippen molar-refractivity contribution < 1.29 is 14.3 Å². The van der Waals surface area contributed by atoms with Gasteiger partial charge in [-0.2, -0.15) is 0 Å². The number of ether oxygens (including phenoxy) is 2. The fourth-order valence-corrected chi connectivity index (χ4v) is 2.46. The molecule has 0 atom stereocenters. The van der Waals surface area contributed by atoms with Crippen molar-refractivity contribution in [3.05, 3.63) is 41.7 Å². The number of aryl methyl sites for hydroxylation is 2. The van der Waals surface area contributed by atoms with E-state index in [0.717, 1.165) is 5.69 Å². The molecule has 0 radical (unpaired) electrons. The molecule has 110 valence electrons. The molecule has 0 saturated carbocycles. The summed E-state index contributed by atoms with van der Waals surface area (Å²) in [6.07, 6.45) is 0.435. The molecule has 1 N–H and O–H groups in total. The van der Waals surface area contributed by atoms with Crippen molar-refractivity contribution in [2.24, 2.45) is 0 Å². The number of hydrogen-bond acceptors (Lipinski definition) is 3. The molecule has 1 aromatic carbocycles. The summed E-state index contributed by atoms with van der Waals surface area (Å²) in [5.41, 5.74) is 3.07. The summed E-state index contributed by atoms with van der Waals surface area (Å²) >= 11 is 0. The van der Waals surface area contributed by atoms with Crippen molar-refractivity contribution in [2.75, 3.05) is 12.1 Å². The van der Waals surface area contributed by atoms with Crippen LogP contribution in [0.4, 0.5) is 5.69 Å². The summed E-state index contributed by atoms with van der Waals surface area (Å²) in [6, 6.07) is 9.53. The number of nitrogens with one attached hydrogen (secondary N) is 1. The number of carbonyl (C=O) groups excluding carboxylic acids is 1. The largest absolute Gasteiger partial charge is 0.454 e. The molecule has 0 aliphatic carbocycles. The quantitative estimate of drug-likeness (QED) is 0.940. The minimum Gasteiger partial charge on any atom is -0.454 e. The molecule has 0 unspecified atom stereocenters. The van der Waals surface area contributed by atoms with Crippen LogP contribution < -0.4 is 14.8 Å². The molecule has 0 spiro atoms. The molecule has 0 saturated heterocycles. The topological polar surface area (TPSA) is 52.5 Å². The second-order valence-electron chi connectivity index (χ2n) is 5.13. The van der Waals surface area contributed by atoms with Gasteiger partial charge in [0, 0.05) is 36.1 Å². The van der Waals surface area contributed by atoms with Gasteiger partial charge >= 0.3 is 0 Å². The van der Waals surface area contributed by atoms with E-state index < -0.39 is 0 Å². The minimum atomic E-state index is -0.0126. The molecule has 2 heterocycles. The van der Waals surface area contributed by atoms with Gasteiger partial charge in [-0.25, -0.2) is 0 Å². The van der Waals surface area contributed by atoms with Gasteiger partial charge in [-0.3, -0.25) is 4.79 Å². The highest BCUT2D eigenvalue weighted by atomic mass is 16.7. The average Bonchev–Trinajstić information content (AvgIpc) is 3.04. The minimum absolute atomic E-state index is 0.0126. The van der Waals surface area contributed by atoms with E-state index in [9.17, 15) is 4.79 Å². The Hall–Kier alpha value is -2.43. The van der Waals surface area contributed by atoms with Crippen LogP contribution in [0.5, 0.6) is 11.5 Å². The molecule has 1 aromatic heterocycles. The van der Waals surface area contributed by atoms with E-state index in [2.05, 4.69) is 22.0 Å². The zero-order chi connectivity index (χ0) is 14.8. The first-order valence-electron chi connectivity index (χ1n) is 6.96. The lowest BCUT2D eigenvalue weighted by molar-refractivity contribution is -0.116. The van der Waals surface area contributed by atoms with Gasteiger partial charge in [-0.1, -0.05) is 0 Å². The molecule has 21 heavy (non-hydrogen) atoms. The van der Waals surface area contributed by atoms with Crippen molar-refractivity contribution in [1.29, 1.82) is 0 Å². The van der Waals surface area contributed by atoms with Gasteiger partial charge in [0.1, 0.15) is 0 Å². The fourth-order valence-electron chi connectivity index (χ4n) is 2.46. The smallest absolute Gasteiger partial charge is 0.231 e. The summed E-state index contributed by atoms with van der Waals surface area (Å²) in [5.74, 6) is 1.37. The van der Waals surface area contributed by atoms with Gasteiger partial charge in [0.15, 0.2) is 11.5 Å². The molecule has 1 aliphatic rings. The van der Waals surface area contributed by atoms with Gasteiger partial charge in [-0.15, -0.1) is 0 Å². The van der Waals surface area contributed by atoms with Crippen LogP contribution in [0.1, 0.15) is 17.8 Å². The van der Waals surface area contributed by atoms with E-state index in [4.69, 9.17) is 9.47 Å². The number of carbonyl (C=O) groups is 1. The highest BCUT2D eigenvalue weighted by Gasteiger charge is 2.14. The third kappa shape index (κ3) is 2.86. The molecule has 5 nitrogen and oxygen atoms in total. The molecular weight excluding hydrogens is 268 g/mol. The van der Waals surface area contributed by atoms with Crippen LogP contribution in [0, 0.1) is 13.8 Å². The van der Waals surface area contributed by atoms with Crippen LogP contribution in [0.25, 0.3) is 0 Å². The lowest BCUT2D eigenvalue weighted by atomic mass is 10.2. The number of fused-ring (bicyclic) bond motifs is 1. The van der Waals surface area contributed by atoms with Gasteiger partial charge < -0.3 is 19.4 Å². The molecule has 1 amide bonds. The van der Waals surface area contributed by atoms with Gasteiger partial charge in [0.05, 0.1) is 0 Å². The lowest BCUT2D eigenvalue weighted by Gasteiger charge is -2.10. The SMILES string of the molecule is Cc1ccc(C)n1CCC(=O)Nc1ccc2c(c1)OCO2. The maximum atomic E-state index is 12.0. The Morgan fingerprint density at radius 1 is 1.14 bits per heavy atom. The van der Waals surface area contributed by atoms with E-state index in [0.29, 0.717) is 24.5 Å². The van der Waals surface area contributed by atoms with Gasteiger partial charge in [0.25, 0.3) is 0 Å². The molecule has 5 heteroatoms. The number of aromatic nitrogens is 1. The monoisotopic (exact) mass is 286 g/mol. The second-order valence-corrected chi connectivity index (χ2v) is 5.13. The highest BCUT2D eigenvalue weighted by molar-refractivity contribution is 5.91. The first kappa shape index (κ1) is 13.5. The van der Waals surface area contributed by atoms with Crippen LogP contribution in [0.3, 0.4) is 0 Å². The van der Waals surface area contributed by atoms with E-state index in [1.807, 2.05) is 19.9 Å². The van der Waals surface area contributed by atoms with Crippen LogP contribution in [0.15, 0.2) is 30.3 Å². The maximum Gasteiger partial charge on any atom is 0.231 e. The summed E-state index contributed by atoms with van der Waals surface area (Å²) in [5, 5.41) is 2.89. The first-order chi connectivity index (χ1) is 10.1. The third-order valence-corrected chi connectivity index (χ3v) is 3.64. The van der Waals surface area contributed by atoms with Crippen molar-refractivity contribution in [3.8, 4) is 11.5 Å². The zero-order valence-electron chi connectivity index (χ0n) is 12.2. The van der Waals surface area contributed by atoms with Crippen LogP contribution in [-0.2, 0) is 11.3 Å². The number of anilines is 1. The predicted octanol–water partition coefficient (Wildman–Crippen LogP) is 2.86. The van der Waals surface area contributed by atoms with Crippen molar-refractivity contribution in [2.45, 2.75) is 26.8 Å². The highest BCUT2D eigenvalue weighted by Crippen LogP contribution is 2.34. The predicted molar refractivity (Wildman–Crippen MR) is 79.7 cm³/mol. The van der Waals surface area contributed by atoms with Crippen molar-refractivity contribution in [1.82, 2.24) is 4.57 Å². The molecular formula is C16H18N2O3. The number of benzene rings is 1. The Kier molecular flexibility index (Phi) is 3.56. The van der Waals surface area contributed by atoms with E-state index in [1.165, 1.54) is 11.4 Å². The van der Waals surface area contributed by atoms with Gasteiger partial charge in [0.2, 0.25) is 12.7 Å². The number of nitrogens with zero attached hydrogens (tertiary/aromatic N) is 1. The number of hydrogen-bond donors (Lipinski definition) is 1. The normalized spacial score (nSPS) is 12.5. The number of rotatable bonds is 4. The fraction of sp³-hybridized carbons (Fsp3) is 0.312. The van der Waals surface area contributed by atoms with Crippen LogP contribution in [0.2, 0.25) is 0 Å². The Labute approximate surface area is 123 Å². The first-order valence-corrected chi connectivity index (χ1v) is 6.96.